The first-order valence-electron chi connectivity index (χ1n) is 12.1. The molecule has 31 heavy (non-hydrogen) atoms. The van der Waals surface area contributed by atoms with E-state index in [1.165, 1.54) is 11.1 Å². The van der Waals surface area contributed by atoms with Gasteiger partial charge in [0.05, 0.1) is 0 Å². The highest BCUT2D eigenvalue weighted by Gasteiger charge is 2.44. The van der Waals surface area contributed by atoms with Gasteiger partial charge in [0.15, 0.2) is 8.32 Å². The topological polar surface area (TPSA) is 38.3 Å². The molecule has 0 aromatic heterocycles. The first-order chi connectivity index (χ1) is 14.0. The van der Waals surface area contributed by atoms with Gasteiger partial charge in [0, 0.05) is 18.7 Å². The van der Waals surface area contributed by atoms with Crippen LogP contribution < -0.4 is 5.32 Å². The van der Waals surface area contributed by atoms with Gasteiger partial charge >= 0.3 is 0 Å². The zero-order valence-electron chi connectivity index (χ0n) is 22.4. The van der Waals surface area contributed by atoms with E-state index >= 15 is 0 Å². The molecule has 0 aliphatic carbocycles. The zero-order chi connectivity index (χ0) is 24.2. The molecule has 3 nitrogen and oxygen atoms in total. The molecule has 0 unspecified atom stereocenters. The van der Waals surface area contributed by atoms with E-state index in [1.54, 1.807) is 0 Å². The fourth-order valence-electron chi connectivity index (χ4n) is 4.75. The van der Waals surface area contributed by atoms with Crippen LogP contribution in [0.5, 0.6) is 0 Å². The minimum Gasteiger partial charge on any atom is -0.416 e. The van der Waals surface area contributed by atoms with Crippen LogP contribution in [0.25, 0.3) is 0 Å². The van der Waals surface area contributed by atoms with Gasteiger partial charge in [-0.2, -0.15) is 0 Å². The van der Waals surface area contributed by atoms with Gasteiger partial charge in [-0.05, 0) is 57.1 Å². The Bertz CT molecular complexity index is 670. The third-order valence-electron chi connectivity index (χ3n) is 6.59. The molecule has 0 heterocycles. The predicted octanol–water partition coefficient (Wildman–Crippen LogP) is 7.59. The summed E-state index contributed by atoms with van der Waals surface area (Å²) in [4.78, 5) is 12.9. The summed E-state index contributed by atoms with van der Waals surface area (Å²) in [7, 11) is -1.84. The number of hydrogen-bond acceptors (Lipinski definition) is 2. The molecule has 1 N–H and O–H groups in total. The molecule has 1 rings (SSSR count). The summed E-state index contributed by atoms with van der Waals surface area (Å²) in [6, 6.07) is 6.35. The third kappa shape index (κ3) is 7.18. The molecule has 0 saturated carbocycles. The molecule has 1 aromatic carbocycles. The maximum Gasteiger partial charge on any atom is 0.251 e. The van der Waals surface area contributed by atoms with E-state index < -0.39 is 8.32 Å². The van der Waals surface area contributed by atoms with Crippen molar-refractivity contribution in [1.29, 1.82) is 0 Å². The Hall–Kier alpha value is -1.13. The highest BCUT2D eigenvalue weighted by molar-refractivity contribution is 6.77. The minimum absolute atomic E-state index is 0.00261. The van der Waals surface area contributed by atoms with E-state index in [4.69, 9.17) is 4.43 Å². The van der Waals surface area contributed by atoms with E-state index in [0.717, 1.165) is 18.6 Å². The zero-order valence-corrected chi connectivity index (χ0v) is 23.4. The summed E-state index contributed by atoms with van der Waals surface area (Å²) >= 11 is 0. The summed E-state index contributed by atoms with van der Waals surface area (Å²) in [6.07, 6.45) is 0.845. The maximum atomic E-state index is 12.9. The lowest BCUT2D eigenvalue weighted by Gasteiger charge is -2.42. The van der Waals surface area contributed by atoms with Crippen molar-refractivity contribution in [2.45, 2.75) is 117 Å². The van der Waals surface area contributed by atoms with Gasteiger partial charge < -0.3 is 9.74 Å². The molecule has 0 aliphatic heterocycles. The van der Waals surface area contributed by atoms with E-state index in [9.17, 15) is 4.79 Å². The molecule has 0 aliphatic rings. The van der Waals surface area contributed by atoms with Crippen molar-refractivity contribution in [3.05, 3.63) is 34.9 Å². The monoisotopic (exact) mass is 447 g/mol. The van der Waals surface area contributed by atoms with E-state index in [0.29, 0.717) is 23.2 Å². The highest BCUT2D eigenvalue weighted by Crippen LogP contribution is 2.42. The second kappa shape index (κ2) is 10.7. The summed E-state index contributed by atoms with van der Waals surface area (Å²) in [6.45, 7) is 28.4. The lowest BCUT2D eigenvalue weighted by atomic mass is 9.79. The Morgan fingerprint density at radius 3 is 1.61 bits per heavy atom. The fourth-order valence-corrected chi connectivity index (χ4v) is 10.2. The van der Waals surface area contributed by atoms with Crippen LogP contribution in [0.1, 0.15) is 111 Å². The fraction of sp³-hybridized carbons (Fsp3) is 0.741. The average molecular weight is 448 g/mol. The number of hydrogen-bond donors (Lipinski definition) is 1. The first-order valence-corrected chi connectivity index (χ1v) is 14.3. The van der Waals surface area contributed by atoms with Crippen molar-refractivity contribution in [2.24, 2.45) is 0 Å². The molecule has 1 aromatic rings. The number of carbonyl (C=O) groups excluding carboxylic acids is 1. The minimum atomic E-state index is -1.84. The molecule has 0 radical (unpaired) electrons. The number of carbonyl (C=O) groups is 1. The Morgan fingerprint density at radius 1 is 0.839 bits per heavy atom. The van der Waals surface area contributed by atoms with Crippen molar-refractivity contribution >= 4 is 14.2 Å². The third-order valence-corrected chi connectivity index (χ3v) is 12.7. The molecule has 0 saturated heterocycles. The standard InChI is InChI=1S/C27H49NO2Si/c1-19(2)31(20(3)4,21(5)6)30-15-13-14-28-25(29)22-16-23(26(7,8)9)18-24(17-22)27(10,11)12/h16-21H,13-15H2,1-12H3,(H,28,29). The largest absolute Gasteiger partial charge is 0.416 e. The Kier molecular flexibility index (Phi) is 9.59. The summed E-state index contributed by atoms with van der Waals surface area (Å²) in [5.74, 6) is 0.0108. The lowest BCUT2D eigenvalue weighted by Crippen LogP contribution is -2.48. The van der Waals surface area contributed by atoms with Gasteiger partial charge in [0.2, 0.25) is 0 Å². The highest BCUT2D eigenvalue weighted by atomic mass is 28.4. The second-order valence-electron chi connectivity index (χ2n) is 12.1. The molecule has 0 atom stereocenters. The van der Waals surface area contributed by atoms with E-state index in [1.807, 2.05) is 0 Å². The Balaban J connectivity index is 2.83. The number of rotatable bonds is 9. The van der Waals surface area contributed by atoms with Crippen LogP contribution in [0, 0.1) is 0 Å². The van der Waals surface area contributed by atoms with Crippen molar-refractivity contribution in [2.75, 3.05) is 13.2 Å². The molecule has 0 spiro atoms. The number of nitrogens with one attached hydrogen (secondary N) is 1. The quantitative estimate of drug-likeness (QED) is 0.313. The van der Waals surface area contributed by atoms with Crippen LogP contribution in [0.2, 0.25) is 16.6 Å². The normalized spacial score (nSPS) is 13.4. The molecular formula is C27H49NO2Si. The van der Waals surface area contributed by atoms with Crippen LogP contribution in [0.15, 0.2) is 18.2 Å². The molecule has 1 amide bonds. The average Bonchev–Trinajstić information content (AvgIpc) is 2.61. The van der Waals surface area contributed by atoms with E-state index in [2.05, 4.69) is 107 Å². The van der Waals surface area contributed by atoms with Gasteiger partial charge in [0.1, 0.15) is 0 Å². The van der Waals surface area contributed by atoms with Gasteiger partial charge in [0.25, 0.3) is 5.91 Å². The van der Waals surface area contributed by atoms with Crippen molar-refractivity contribution in [1.82, 2.24) is 5.32 Å². The summed E-state index contributed by atoms with van der Waals surface area (Å²) < 4.78 is 6.62. The van der Waals surface area contributed by atoms with Crippen LogP contribution in [0.3, 0.4) is 0 Å². The SMILES string of the molecule is CC(C)[Si](OCCCNC(=O)c1cc(C(C)(C)C)cc(C(C)(C)C)c1)(C(C)C)C(C)C. The first kappa shape index (κ1) is 27.9. The Morgan fingerprint density at radius 2 is 1.26 bits per heavy atom. The molecular weight excluding hydrogens is 398 g/mol. The Labute approximate surface area is 193 Å². The van der Waals surface area contributed by atoms with Crippen LogP contribution in [-0.2, 0) is 15.3 Å². The predicted molar refractivity (Wildman–Crippen MR) is 138 cm³/mol. The van der Waals surface area contributed by atoms with Gasteiger partial charge in [-0.15, -0.1) is 0 Å². The molecule has 178 valence electrons. The number of amides is 1. The van der Waals surface area contributed by atoms with Gasteiger partial charge in [-0.1, -0.05) is 89.2 Å². The maximum absolute atomic E-state index is 12.9. The van der Waals surface area contributed by atoms with Crippen LogP contribution >= 0.6 is 0 Å². The van der Waals surface area contributed by atoms with Crippen molar-refractivity contribution in [3.8, 4) is 0 Å². The molecule has 0 bridgehead atoms. The summed E-state index contributed by atoms with van der Waals surface area (Å²) in [5.41, 5.74) is 4.92. The van der Waals surface area contributed by atoms with Crippen molar-refractivity contribution in [3.63, 3.8) is 0 Å². The van der Waals surface area contributed by atoms with E-state index in [-0.39, 0.29) is 16.7 Å². The summed E-state index contributed by atoms with van der Waals surface area (Å²) in [5, 5.41) is 3.13. The van der Waals surface area contributed by atoms with Crippen molar-refractivity contribution < 1.29 is 9.22 Å². The molecule has 4 heteroatoms. The van der Waals surface area contributed by atoms with Gasteiger partial charge in [-0.25, -0.2) is 0 Å². The smallest absolute Gasteiger partial charge is 0.251 e. The lowest BCUT2D eigenvalue weighted by molar-refractivity contribution is 0.0951. The second-order valence-corrected chi connectivity index (χ2v) is 17.5. The molecule has 0 fully saturated rings. The number of benzene rings is 1. The van der Waals surface area contributed by atoms with Crippen LogP contribution in [0.4, 0.5) is 0 Å². The van der Waals surface area contributed by atoms with Crippen LogP contribution in [-0.4, -0.2) is 27.4 Å². The van der Waals surface area contributed by atoms with Gasteiger partial charge in [-0.3, -0.25) is 4.79 Å².